The zero-order valence-corrected chi connectivity index (χ0v) is 5.60. The molecule has 3 N–H and O–H groups in total. The Labute approximate surface area is 57.6 Å². The maximum absolute atomic E-state index is 11.4. The van der Waals surface area contributed by atoms with Crippen molar-refractivity contribution in [3.63, 3.8) is 0 Å². The van der Waals surface area contributed by atoms with Gasteiger partial charge in [0.05, 0.1) is 0 Å². The van der Waals surface area contributed by atoms with Crippen molar-refractivity contribution < 1.29 is 13.6 Å². The molecule has 0 aromatic heterocycles. The van der Waals surface area contributed by atoms with Crippen LogP contribution in [0.25, 0.3) is 0 Å². The molecular formula is C5H10F2N2O. The number of halogens is 2. The number of carbonyl (C=O) groups is 1. The van der Waals surface area contributed by atoms with Crippen LogP contribution in [0.1, 0.15) is 6.92 Å². The topological polar surface area (TPSA) is 55.1 Å². The largest absolute Gasteiger partial charge is 0.350 e. The van der Waals surface area contributed by atoms with Crippen LogP contribution in [0.3, 0.4) is 0 Å². The first-order valence-corrected chi connectivity index (χ1v) is 2.85. The summed E-state index contributed by atoms with van der Waals surface area (Å²) in [5.74, 6) is -1.27. The van der Waals surface area contributed by atoms with Crippen molar-refractivity contribution in [3.8, 4) is 0 Å². The number of nitrogens with two attached hydrogens (primary N) is 1. The Balaban J connectivity index is 3.40. The van der Waals surface area contributed by atoms with Gasteiger partial charge in [0.2, 0.25) is 0 Å². The first-order chi connectivity index (χ1) is 4.54. The summed E-state index contributed by atoms with van der Waals surface area (Å²) in [6, 6.07) is -0.289. The van der Waals surface area contributed by atoms with Gasteiger partial charge in [-0.15, -0.1) is 0 Å². The molecule has 0 aliphatic rings. The number of hydrogen-bond donors (Lipinski definition) is 2. The first-order valence-electron chi connectivity index (χ1n) is 2.85. The van der Waals surface area contributed by atoms with E-state index in [1.165, 1.54) is 0 Å². The van der Waals surface area contributed by atoms with E-state index >= 15 is 0 Å². The molecule has 3 nitrogen and oxygen atoms in total. The highest BCUT2D eigenvalue weighted by atomic mass is 19.3. The van der Waals surface area contributed by atoms with E-state index in [4.69, 9.17) is 5.73 Å². The SMILES string of the molecule is CC(N)CNC(=O)C(F)F. The van der Waals surface area contributed by atoms with E-state index in [9.17, 15) is 13.6 Å². The summed E-state index contributed by atoms with van der Waals surface area (Å²) >= 11 is 0. The third kappa shape index (κ3) is 4.20. The zero-order chi connectivity index (χ0) is 8.15. The molecule has 0 saturated heterocycles. The van der Waals surface area contributed by atoms with Crippen LogP contribution in [-0.4, -0.2) is 24.9 Å². The highest BCUT2D eigenvalue weighted by Crippen LogP contribution is 1.89. The van der Waals surface area contributed by atoms with E-state index in [0.29, 0.717) is 0 Å². The highest BCUT2D eigenvalue weighted by molar-refractivity contribution is 5.79. The van der Waals surface area contributed by atoms with E-state index in [1.807, 2.05) is 5.32 Å². The Hall–Kier alpha value is -0.710. The maximum Gasteiger partial charge on any atom is 0.315 e. The molecule has 60 valence electrons. The Morgan fingerprint density at radius 3 is 2.50 bits per heavy atom. The second-order valence-electron chi connectivity index (χ2n) is 2.02. The van der Waals surface area contributed by atoms with Crippen molar-refractivity contribution >= 4 is 5.91 Å². The normalized spacial score (nSPS) is 13.3. The molecule has 0 saturated carbocycles. The molecular weight excluding hydrogens is 142 g/mol. The second-order valence-corrected chi connectivity index (χ2v) is 2.02. The number of hydrogen-bond acceptors (Lipinski definition) is 2. The van der Waals surface area contributed by atoms with Crippen LogP contribution in [0, 0.1) is 0 Å². The zero-order valence-electron chi connectivity index (χ0n) is 5.60. The quantitative estimate of drug-likeness (QED) is 0.584. The van der Waals surface area contributed by atoms with Gasteiger partial charge >= 0.3 is 6.43 Å². The fourth-order valence-electron chi connectivity index (χ4n) is 0.339. The van der Waals surface area contributed by atoms with Crippen molar-refractivity contribution in [3.05, 3.63) is 0 Å². The lowest BCUT2D eigenvalue weighted by Crippen LogP contribution is -2.38. The van der Waals surface area contributed by atoms with Gasteiger partial charge in [0.1, 0.15) is 0 Å². The molecule has 0 bridgehead atoms. The Kier molecular flexibility index (Phi) is 3.87. The van der Waals surface area contributed by atoms with Crippen molar-refractivity contribution in [2.75, 3.05) is 6.54 Å². The van der Waals surface area contributed by atoms with Crippen molar-refractivity contribution in [2.45, 2.75) is 19.4 Å². The van der Waals surface area contributed by atoms with Crippen LogP contribution in [0.4, 0.5) is 8.78 Å². The molecule has 1 unspecified atom stereocenters. The minimum absolute atomic E-state index is 0.0865. The third-order valence-corrected chi connectivity index (χ3v) is 0.796. The summed E-state index contributed by atoms with van der Waals surface area (Å²) in [5, 5.41) is 1.97. The second kappa shape index (κ2) is 4.16. The van der Waals surface area contributed by atoms with E-state index in [2.05, 4.69) is 0 Å². The highest BCUT2D eigenvalue weighted by Gasteiger charge is 2.13. The van der Waals surface area contributed by atoms with Crippen LogP contribution < -0.4 is 11.1 Å². The van der Waals surface area contributed by atoms with Gasteiger partial charge in [-0.05, 0) is 6.92 Å². The van der Waals surface area contributed by atoms with Gasteiger partial charge in [0.15, 0.2) is 0 Å². The van der Waals surface area contributed by atoms with Crippen LogP contribution in [0.5, 0.6) is 0 Å². The van der Waals surface area contributed by atoms with Gasteiger partial charge in [0.25, 0.3) is 5.91 Å². The third-order valence-electron chi connectivity index (χ3n) is 0.796. The van der Waals surface area contributed by atoms with Crippen molar-refractivity contribution in [1.29, 1.82) is 0 Å². The summed E-state index contributed by atoms with van der Waals surface area (Å²) in [6.45, 7) is 1.70. The minimum atomic E-state index is -2.95. The lowest BCUT2D eigenvalue weighted by Gasteiger charge is -2.05. The molecule has 10 heavy (non-hydrogen) atoms. The Morgan fingerprint density at radius 1 is 1.70 bits per heavy atom. The van der Waals surface area contributed by atoms with Crippen LogP contribution >= 0.6 is 0 Å². The molecule has 0 heterocycles. The van der Waals surface area contributed by atoms with E-state index in [-0.39, 0.29) is 12.6 Å². The lowest BCUT2D eigenvalue weighted by atomic mass is 10.3. The fourth-order valence-corrected chi connectivity index (χ4v) is 0.339. The number of nitrogens with one attached hydrogen (secondary N) is 1. The summed E-state index contributed by atoms with van der Waals surface area (Å²) in [5.41, 5.74) is 5.18. The monoisotopic (exact) mass is 152 g/mol. The van der Waals surface area contributed by atoms with Gasteiger partial charge < -0.3 is 11.1 Å². The number of rotatable bonds is 3. The Bertz CT molecular complexity index is 116. The fraction of sp³-hybridized carbons (Fsp3) is 0.800. The number of carbonyl (C=O) groups excluding carboxylic acids is 1. The number of alkyl halides is 2. The van der Waals surface area contributed by atoms with Crippen LogP contribution in [-0.2, 0) is 4.79 Å². The maximum atomic E-state index is 11.4. The van der Waals surface area contributed by atoms with Crippen molar-refractivity contribution in [1.82, 2.24) is 5.32 Å². The predicted molar refractivity (Wildman–Crippen MR) is 32.7 cm³/mol. The standard InChI is InChI=1S/C5H10F2N2O/c1-3(8)2-9-5(10)4(6)7/h3-4H,2,8H2,1H3,(H,9,10). The summed E-state index contributed by atoms with van der Waals surface area (Å²) < 4.78 is 22.9. The molecule has 0 aliphatic carbocycles. The van der Waals surface area contributed by atoms with Gasteiger partial charge in [0, 0.05) is 12.6 Å². The van der Waals surface area contributed by atoms with Gasteiger partial charge in [-0.3, -0.25) is 4.79 Å². The summed E-state index contributed by atoms with van der Waals surface area (Å²) in [6.07, 6.45) is -2.95. The molecule has 1 amide bonds. The predicted octanol–water partition coefficient (Wildman–Crippen LogP) is -0.285. The van der Waals surface area contributed by atoms with E-state index < -0.39 is 12.3 Å². The minimum Gasteiger partial charge on any atom is -0.350 e. The molecule has 0 aliphatic heterocycles. The summed E-state index contributed by atoms with van der Waals surface area (Å²) in [4.78, 5) is 10.1. The van der Waals surface area contributed by atoms with Crippen LogP contribution in [0.15, 0.2) is 0 Å². The lowest BCUT2D eigenvalue weighted by molar-refractivity contribution is -0.131. The Morgan fingerprint density at radius 2 is 2.20 bits per heavy atom. The molecule has 0 aromatic rings. The molecule has 0 radical (unpaired) electrons. The van der Waals surface area contributed by atoms with Gasteiger partial charge in [-0.25, -0.2) is 0 Å². The molecule has 5 heteroatoms. The molecule has 1 atom stereocenters. The van der Waals surface area contributed by atoms with E-state index in [0.717, 1.165) is 0 Å². The number of amides is 1. The molecule has 0 fully saturated rings. The van der Waals surface area contributed by atoms with Gasteiger partial charge in [-0.2, -0.15) is 8.78 Å². The summed E-state index contributed by atoms with van der Waals surface area (Å²) in [7, 11) is 0. The average Bonchev–Trinajstić information content (AvgIpc) is 1.82. The van der Waals surface area contributed by atoms with Crippen LogP contribution in [0.2, 0.25) is 0 Å². The molecule has 0 spiro atoms. The van der Waals surface area contributed by atoms with Crippen molar-refractivity contribution in [2.24, 2.45) is 5.73 Å². The van der Waals surface area contributed by atoms with E-state index in [1.54, 1.807) is 6.92 Å². The van der Waals surface area contributed by atoms with Gasteiger partial charge in [-0.1, -0.05) is 0 Å². The first kappa shape index (κ1) is 9.29. The molecule has 0 aromatic carbocycles. The smallest absolute Gasteiger partial charge is 0.315 e. The molecule has 0 rings (SSSR count). The average molecular weight is 152 g/mol.